The van der Waals surface area contributed by atoms with Crippen LogP contribution in [0, 0.1) is 53.4 Å². The Morgan fingerprint density at radius 2 is 1.23 bits per heavy atom. The first-order valence-corrected chi connectivity index (χ1v) is 25.5. The quantitative estimate of drug-likeness (QED) is 0.114. The van der Waals surface area contributed by atoms with Crippen LogP contribution >= 0.6 is 0 Å². The van der Waals surface area contributed by atoms with Gasteiger partial charge in [-0.2, -0.15) is 0 Å². The first-order valence-electron chi connectivity index (χ1n) is 21.8. The SMILES string of the molecule is Cc1ccc(NS(C)(=O)=O)c(C(=O)N2CCC(C)CC2c2cc3nc(C)c(C)c(=O)n3[nH]2)c1.Cc1ccc(NS(C)(=O)=O)c(C=O)c1.Cc1nc2cc(C3CC(C)CCN3)[nH]n2c(=O)c1C. The number of aryl methyl sites for hydroxylation is 4. The molecule has 4 unspecified atom stereocenters. The van der Waals surface area contributed by atoms with Crippen molar-refractivity contribution in [1.29, 1.82) is 0 Å². The second kappa shape index (κ2) is 19.8. The molecule has 2 aliphatic rings. The molecule has 4 atom stereocenters. The Morgan fingerprint density at radius 3 is 1.79 bits per heavy atom. The Kier molecular flexibility index (Phi) is 14.8. The van der Waals surface area contributed by atoms with Crippen molar-refractivity contribution in [3.8, 4) is 0 Å². The molecular weight excluding hydrogens is 885 g/mol. The number of benzene rings is 2. The van der Waals surface area contributed by atoms with Crippen molar-refractivity contribution >= 4 is 54.9 Å². The molecule has 2 aromatic carbocycles. The summed E-state index contributed by atoms with van der Waals surface area (Å²) >= 11 is 0. The Balaban J connectivity index is 0.000000183. The van der Waals surface area contributed by atoms with Crippen LogP contribution < -0.4 is 25.9 Å². The average molecular weight is 945 g/mol. The average Bonchev–Trinajstić information content (AvgIpc) is 3.88. The summed E-state index contributed by atoms with van der Waals surface area (Å²) < 4.78 is 53.3. The summed E-state index contributed by atoms with van der Waals surface area (Å²) in [7, 11) is -6.89. The van der Waals surface area contributed by atoms with Gasteiger partial charge in [0.15, 0.2) is 17.6 Å². The Hall–Kier alpha value is -6.12. The number of piperidine rings is 2. The van der Waals surface area contributed by atoms with Gasteiger partial charge >= 0.3 is 0 Å². The number of aromatic nitrogens is 6. The number of H-pyrrole nitrogens is 2. The number of nitrogens with zero attached hydrogens (tertiary/aromatic N) is 5. The molecule has 0 bridgehead atoms. The highest BCUT2D eigenvalue weighted by Crippen LogP contribution is 2.36. The minimum atomic E-state index is -3.55. The van der Waals surface area contributed by atoms with Gasteiger partial charge in [0, 0.05) is 52.8 Å². The van der Waals surface area contributed by atoms with Crippen LogP contribution in [0.25, 0.3) is 11.3 Å². The number of aromatic amines is 2. The maximum absolute atomic E-state index is 13.7. The number of carbonyl (C=O) groups is 2. The molecule has 0 aliphatic carbocycles. The minimum absolute atomic E-state index is 0.00221. The highest BCUT2D eigenvalue weighted by Gasteiger charge is 2.34. The number of nitrogens with one attached hydrogen (secondary N) is 5. The van der Waals surface area contributed by atoms with E-state index in [0.717, 1.165) is 60.1 Å². The fourth-order valence-corrected chi connectivity index (χ4v) is 9.36. The van der Waals surface area contributed by atoms with Crippen molar-refractivity contribution in [3.63, 3.8) is 0 Å². The Bertz CT molecular complexity index is 3150. The van der Waals surface area contributed by atoms with Crippen LogP contribution in [0.4, 0.5) is 11.4 Å². The fourth-order valence-electron chi connectivity index (χ4n) is 8.20. The largest absolute Gasteiger partial charge is 0.330 e. The lowest BCUT2D eigenvalue weighted by molar-refractivity contribution is 0.0552. The molecule has 6 heterocycles. The Morgan fingerprint density at radius 1 is 0.712 bits per heavy atom. The summed E-state index contributed by atoms with van der Waals surface area (Å²) in [4.78, 5) is 60.0. The molecule has 0 radical (unpaired) electrons. The minimum Gasteiger partial charge on any atom is -0.330 e. The van der Waals surface area contributed by atoms with E-state index in [1.165, 1.54) is 10.9 Å². The first kappa shape index (κ1) is 49.3. The molecule has 2 fully saturated rings. The number of amides is 1. The van der Waals surface area contributed by atoms with Gasteiger partial charge in [-0.05, 0) is 110 Å². The monoisotopic (exact) mass is 944 g/mol. The van der Waals surface area contributed by atoms with Crippen LogP contribution in [0.1, 0.15) is 117 Å². The van der Waals surface area contributed by atoms with E-state index in [9.17, 15) is 36.0 Å². The molecular formula is C46H60N10O8S2. The van der Waals surface area contributed by atoms with Gasteiger partial charge in [0.25, 0.3) is 17.0 Å². The lowest BCUT2D eigenvalue weighted by atomic mass is 9.90. The topological polar surface area (TPSA) is 242 Å². The van der Waals surface area contributed by atoms with Crippen molar-refractivity contribution in [2.75, 3.05) is 35.0 Å². The predicted octanol–water partition coefficient (Wildman–Crippen LogP) is 5.81. The summed E-state index contributed by atoms with van der Waals surface area (Å²) in [5, 5.41) is 9.86. The van der Waals surface area contributed by atoms with Crippen LogP contribution in [0.3, 0.4) is 0 Å². The number of aldehydes is 1. The normalized spacial score (nSPS) is 18.8. The standard InChI is InChI=1S/C23H29N5O4S.C14H20N4O.C9H11NO3S/c1-13-6-7-18(26-33(5,31)32)17(10-13)23(30)27-9-8-14(2)11-20(27)19-12-21-24-16(4)15(3)22(29)28(21)25-19;1-8-4-5-15-11(6-8)12-7-13-16-10(3)9(2)14(19)18(13)17-12;1-7-3-4-9(8(5-7)6-11)10-14(2,12)13/h6-7,10,12,14,20,25-26H,8-9,11H2,1-5H3;7-8,11,15,17H,4-6H2,1-3H3;3-6,10H,1-2H3. The van der Waals surface area contributed by atoms with Crippen LogP contribution in [-0.4, -0.2) is 88.7 Å². The smallest absolute Gasteiger partial charge is 0.275 e. The van der Waals surface area contributed by atoms with Crippen molar-refractivity contribution in [3.05, 3.63) is 125 Å². The zero-order valence-electron chi connectivity index (χ0n) is 39.1. The number of carbonyl (C=O) groups excluding carboxylic acids is 2. The van der Waals surface area contributed by atoms with Gasteiger partial charge < -0.3 is 10.2 Å². The number of hydrogen-bond acceptors (Lipinski definition) is 11. The van der Waals surface area contributed by atoms with E-state index in [2.05, 4.69) is 48.8 Å². The summed E-state index contributed by atoms with van der Waals surface area (Å²) in [6.45, 7) is 16.9. The van der Waals surface area contributed by atoms with Crippen LogP contribution in [0.5, 0.6) is 0 Å². The third-order valence-corrected chi connectivity index (χ3v) is 13.2. The van der Waals surface area contributed by atoms with Gasteiger partial charge in [0.05, 0.1) is 46.9 Å². The van der Waals surface area contributed by atoms with Crippen LogP contribution in [0.2, 0.25) is 0 Å². The Labute approximate surface area is 384 Å². The predicted molar refractivity (Wildman–Crippen MR) is 257 cm³/mol. The van der Waals surface area contributed by atoms with Crippen molar-refractivity contribution in [2.24, 2.45) is 11.8 Å². The van der Waals surface area contributed by atoms with Gasteiger partial charge in [-0.3, -0.25) is 38.8 Å². The molecule has 18 nitrogen and oxygen atoms in total. The maximum Gasteiger partial charge on any atom is 0.275 e. The number of rotatable bonds is 8. The van der Waals surface area contributed by atoms with Crippen LogP contribution in [-0.2, 0) is 20.0 Å². The second-order valence-corrected chi connectivity index (χ2v) is 21.3. The molecule has 8 rings (SSSR count). The molecule has 0 spiro atoms. The number of hydrogen-bond donors (Lipinski definition) is 5. The highest BCUT2D eigenvalue weighted by atomic mass is 32.2. The lowest BCUT2D eigenvalue weighted by Gasteiger charge is -2.38. The van der Waals surface area contributed by atoms with E-state index in [-0.39, 0.29) is 28.8 Å². The van der Waals surface area contributed by atoms with E-state index in [1.807, 2.05) is 39.8 Å². The van der Waals surface area contributed by atoms with Gasteiger partial charge in [0.2, 0.25) is 20.0 Å². The van der Waals surface area contributed by atoms with Gasteiger partial charge in [-0.1, -0.05) is 37.1 Å². The van der Waals surface area contributed by atoms with Crippen molar-refractivity contribution in [2.45, 2.75) is 93.2 Å². The number of sulfonamides is 2. The van der Waals surface area contributed by atoms with Gasteiger partial charge in [-0.25, -0.2) is 35.8 Å². The fraction of sp³-hybridized carbons (Fsp3) is 0.435. The molecule has 0 saturated carbocycles. The highest BCUT2D eigenvalue weighted by molar-refractivity contribution is 7.92. The third-order valence-electron chi connectivity index (χ3n) is 12.1. The lowest BCUT2D eigenvalue weighted by Crippen LogP contribution is -2.41. The molecule has 2 saturated heterocycles. The molecule has 2 aliphatic heterocycles. The summed E-state index contributed by atoms with van der Waals surface area (Å²) in [6, 6.07) is 13.8. The van der Waals surface area contributed by atoms with E-state index < -0.39 is 20.0 Å². The van der Waals surface area contributed by atoms with E-state index in [0.29, 0.717) is 82.1 Å². The van der Waals surface area contributed by atoms with Gasteiger partial charge in [-0.15, -0.1) is 0 Å². The third kappa shape index (κ3) is 11.6. The molecule has 1 amide bonds. The van der Waals surface area contributed by atoms with E-state index in [1.54, 1.807) is 59.7 Å². The molecule has 20 heteroatoms. The van der Waals surface area contributed by atoms with Crippen molar-refractivity contribution < 1.29 is 26.4 Å². The molecule has 6 aromatic rings. The van der Waals surface area contributed by atoms with Gasteiger partial charge in [0.1, 0.15) is 0 Å². The van der Waals surface area contributed by atoms with E-state index >= 15 is 0 Å². The molecule has 4 aromatic heterocycles. The number of anilines is 2. The number of likely N-dealkylation sites (tertiary alicyclic amines) is 1. The number of fused-ring (bicyclic) bond motifs is 2. The maximum atomic E-state index is 13.7. The first-order chi connectivity index (χ1) is 30.9. The summed E-state index contributed by atoms with van der Waals surface area (Å²) in [5.41, 5.74) is 8.58. The summed E-state index contributed by atoms with van der Waals surface area (Å²) in [5.74, 6) is 0.837. The molecule has 354 valence electrons. The van der Waals surface area contributed by atoms with Crippen LogP contribution in [0.15, 0.2) is 58.1 Å². The second-order valence-electron chi connectivity index (χ2n) is 17.9. The molecule has 5 N–H and O–H groups in total. The van der Waals surface area contributed by atoms with Crippen molar-refractivity contribution in [1.82, 2.24) is 39.4 Å². The zero-order chi connectivity index (χ0) is 48.4. The van der Waals surface area contributed by atoms with E-state index in [4.69, 9.17) is 0 Å². The molecule has 66 heavy (non-hydrogen) atoms. The zero-order valence-corrected chi connectivity index (χ0v) is 40.7. The summed E-state index contributed by atoms with van der Waals surface area (Å²) in [6.07, 6.45) is 6.59.